The molecule has 0 spiro atoms. The van der Waals surface area contributed by atoms with Gasteiger partial charge in [0.05, 0.1) is 5.69 Å². The molecule has 1 aliphatic rings. The number of carboxylic acid groups (broad SMARTS) is 2. The summed E-state index contributed by atoms with van der Waals surface area (Å²) in [7, 11) is 0. The van der Waals surface area contributed by atoms with Crippen molar-refractivity contribution in [2.45, 2.75) is 13.0 Å². The van der Waals surface area contributed by atoms with Crippen LogP contribution < -0.4 is 5.32 Å². The summed E-state index contributed by atoms with van der Waals surface area (Å²) in [5.74, 6) is -1.53. The molecule has 1 aliphatic heterocycles. The summed E-state index contributed by atoms with van der Waals surface area (Å²) in [6.45, 7) is 1.81. The average molecular weight is 392 g/mol. The standard InChI is InChI=1S/C17H16N4.C4H4O4/c1-5-13-6-2-8-15-16(13)14(7-1)17(20-15)18-9-3-11-21-12-4-10-19-21;5-3(6)1-2-4(7)8/h1-2,4-8,10,12H,3,9,11H2,(H,18,20);1-2H,(H,5,6)(H,7,8). The van der Waals surface area contributed by atoms with Gasteiger partial charge in [-0.15, -0.1) is 0 Å². The predicted molar refractivity (Wildman–Crippen MR) is 109 cm³/mol. The SMILES string of the molecule is O=C(O)C=CC(=O)O.c1cc2c3c(cccc3c1)C(NCCCn1cccn1)=N2. The van der Waals surface area contributed by atoms with E-state index >= 15 is 0 Å². The Bertz CT molecular complexity index is 1050. The molecule has 8 nitrogen and oxygen atoms in total. The lowest BCUT2D eigenvalue weighted by molar-refractivity contribution is -0.134. The van der Waals surface area contributed by atoms with Gasteiger partial charge in [-0.1, -0.05) is 30.3 Å². The molecule has 0 radical (unpaired) electrons. The first-order valence-electron chi connectivity index (χ1n) is 9.00. The zero-order valence-corrected chi connectivity index (χ0v) is 15.5. The molecule has 0 unspecified atom stereocenters. The Kier molecular flexibility index (Phi) is 6.36. The number of aliphatic imine (C=N–C) groups is 1. The molecule has 148 valence electrons. The van der Waals surface area contributed by atoms with E-state index in [0.717, 1.165) is 31.0 Å². The van der Waals surface area contributed by atoms with Gasteiger partial charge in [0.25, 0.3) is 0 Å². The molecule has 0 amide bonds. The maximum absolute atomic E-state index is 9.55. The van der Waals surface area contributed by atoms with Gasteiger partial charge in [0.2, 0.25) is 0 Å². The second-order valence-corrected chi connectivity index (χ2v) is 6.20. The average Bonchev–Trinajstić information content (AvgIpc) is 3.34. The fourth-order valence-electron chi connectivity index (χ4n) is 2.95. The summed E-state index contributed by atoms with van der Waals surface area (Å²) in [6.07, 6.45) is 5.94. The van der Waals surface area contributed by atoms with Gasteiger partial charge >= 0.3 is 11.9 Å². The van der Waals surface area contributed by atoms with Gasteiger partial charge in [0.15, 0.2) is 0 Å². The largest absolute Gasteiger partial charge is 0.478 e. The Hall–Kier alpha value is -3.94. The van der Waals surface area contributed by atoms with Crippen LogP contribution in [0.2, 0.25) is 0 Å². The zero-order chi connectivity index (χ0) is 20.6. The smallest absolute Gasteiger partial charge is 0.328 e. The van der Waals surface area contributed by atoms with Gasteiger partial charge in [-0.2, -0.15) is 5.10 Å². The van der Waals surface area contributed by atoms with Gasteiger partial charge in [-0.3, -0.25) is 4.68 Å². The summed E-state index contributed by atoms with van der Waals surface area (Å²) in [5, 5.41) is 25.8. The second kappa shape index (κ2) is 9.32. The van der Waals surface area contributed by atoms with Crippen LogP contribution >= 0.6 is 0 Å². The highest BCUT2D eigenvalue weighted by Crippen LogP contribution is 2.34. The highest BCUT2D eigenvalue weighted by molar-refractivity contribution is 6.18. The second-order valence-electron chi connectivity index (χ2n) is 6.20. The Morgan fingerprint density at radius 1 is 1.03 bits per heavy atom. The van der Waals surface area contributed by atoms with Crippen LogP contribution in [0.1, 0.15) is 12.0 Å². The third kappa shape index (κ3) is 5.29. The van der Waals surface area contributed by atoms with Crippen molar-refractivity contribution < 1.29 is 19.8 Å². The van der Waals surface area contributed by atoms with Crippen LogP contribution in [0.15, 0.2) is 72.0 Å². The number of aryl methyl sites for hydroxylation is 1. The van der Waals surface area contributed by atoms with E-state index in [-0.39, 0.29) is 0 Å². The van der Waals surface area contributed by atoms with Gasteiger partial charge < -0.3 is 15.5 Å². The number of aliphatic carboxylic acids is 2. The number of amidine groups is 1. The topological polar surface area (TPSA) is 117 Å². The number of hydrogen-bond acceptors (Lipinski definition) is 5. The summed E-state index contributed by atoms with van der Waals surface area (Å²) < 4.78 is 1.95. The molecule has 3 N–H and O–H groups in total. The van der Waals surface area contributed by atoms with E-state index in [1.165, 1.54) is 16.3 Å². The molecular weight excluding hydrogens is 372 g/mol. The quantitative estimate of drug-likeness (QED) is 0.439. The predicted octanol–water partition coefficient (Wildman–Crippen LogP) is 2.82. The van der Waals surface area contributed by atoms with Crippen molar-refractivity contribution in [3.8, 4) is 0 Å². The van der Waals surface area contributed by atoms with Crippen LogP contribution in [-0.4, -0.2) is 44.3 Å². The molecule has 2 heterocycles. The molecule has 0 aliphatic carbocycles. The number of carbonyl (C=O) groups is 2. The number of hydrogen-bond donors (Lipinski definition) is 3. The van der Waals surface area contributed by atoms with Crippen LogP contribution in [-0.2, 0) is 16.1 Å². The maximum atomic E-state index is 9.55. The van der Waals surface area contributed by atoms with E-state index in [0.29, 0.717) is 12.2 Å². The number of carboxylic acids is 2. The summed E-state index contributed by atoms with van der Waals surface area (Å²) in [6, 6.07) is 14.6. The van der Waals surface area contributed by atoms with Crippen molar-refractivity contribution in [1.29, 1.82) is 0 Å². The first kappa shape index (κ1) is 19.8. The van der Waals surface area contributed by atoms with E-state index in [1.807, 2.05) is 23.1 Å². The van der Waals surface area contributed by atoms with E-state index < -0.39 is 11.9 Å². The summed E-state index contributed by atoms with van der Waals surface area (Å²) >= 11 is 0. The normalized spacial score (nSPS) is 11.8. The van der Waals surface area contributed by atoms with Crippen LogP contribution in [0.5, 0.6) is 0 Å². The summed E-state index contributed by atoms with van der Waals surface area (Å²) in [5.41, 5.74) is 2.28. The monoisotopic (exact) mass is 392 g/mol. The van der Waals surface area contributed by atoms with Gasteiger partial charge in [0.1, 0.15) is 5.84 Å². The highest BCUT2D eigenvalue weighted by atomic mass is 16.4. The molecule has 1 aromatic heterocycles. The molecule has 4 rings (SSSR count). The molecule has 0 bridgehead atoms. The van der Waals surface area contributed by atoms with Gasteiger partial charge in [0, 0.05) is 48.6 Å². The lowest BCUT2D eigenvalue weighted by atomic mass is 10.0. The van der Waals surface area contributed by atoms with E-state index in [2.05, 4.69) is 46.8 Å². The third-order valence-corrected chi connectivity index (χ3v) is 4.15. The van der Waals surface area contributed by atoms with E-state index in [9.17, 15) is 9.59 Å². The Morgan fingerprint density at radius 3 is 2.41 bits per heavy atom. The molecule has 2 aromatic carbocycles. The molecule has 0 atom stereocenters. The third-order valence-electron chi connectivity index (χ3n) is 4.15. The van der Waals surface area contributed by atoms with Crippen LogP contribution in [0.4, 0.5) is 5.69 Å². The molecule has 8 heteroatoms. The minimum Gasteiger partial charge on any atom is -0.478 e. The molecule has 0 fully saturated rings. The van der Waals surface area contributed by atoms with Crippen molar-refractivity contribution in [2.75, 3.05) is 6.54 Å². The van der Waals surface area contributed by atoms with Crippen molar-refractivity contribution >= 4 is 34.2 Å². The highest BCUT2D eigenvalue weighted by Gasteiger charge is 2.17. The van der Waals surface area contributed by atoms with Crippen LogP contribution in [0.3, 0.4) is 0 Å². The van der Waals surface area contributed by atoms with E-state index in [1.54, 1.807) is 0 Å². The van der Waals surface area contributed by atoms with Crippen molar-refractivity contribution in [3.05, 3.63) is 72.6 Å². The fraction of sp³-hybridized carbons (Fsp3) is 0.143. The molecule has 0 saturated carbocycles. The fourth-order valence-corrected chi connectivity index (χ4v) is 2.95. The number of aromatic nitrogens is 2. The minimum atomic E-state index is -1.26. The Balaban J connectivity index is 0.000000258. The first-order valence-corrected chi connectivity index (χ1v) is 9.00. The first-order chi connectivity index (χ1) is 14.0. The lowest BCUT2D eigenvalue weighted by Crippen LogP contribution is -2.25. The van der Waals surface area contributed by atoms with Crippen molar-refractivity contribution in [2.24, 2.45) is 4.99 Å². The minimum absolute atomic E-state index is 0.558. The Morgan fingerprint density at radius 2 is 1.76 bits per heavy atom. The van der Waals surface area contributed by atoms with Gasteiger partial charge in [-0.25, -0.2) is 14.6 Å². The number of nitrogens with one attached hydrogen (secondary N) is 1. The zero-order valence-electron chi connectivity index (χ0n) is 15.5. The number of benzene rings is 2. The number of nitrogens with zero attached hydrogens (tertiary/aromatic N) is 3. The molecule has 0 saturated heterocycles. The number of rotatable bonds is 6. The van der Waals surface area contributed by atoms with Crippen LogP contribution in [0.25, 0.3) is 10.8 Å². The van der Waals surface area contributed by atoms with Crippen molar-refractivity contribution in [1.82, 2.24) is 15.1 Å². The van der Waals surface area contributed by atoms with Crippen molar-refractivity contribution in [3.63, 3.8) is 0 Å². The molecule has 3 aromatic rings. The summed E-state index contributed by atoms with van der Waals surface area (Å²) in [4.78, 5) is 23.8. The van der Waals surface area contributed by atoms with Gasteiger partial charge in [-0.05, 0) is 23.9 Å². The molecule has 29 heavy (non-hydrogen) atoms. The van der Waals surface area contributed by atoms with E-state index in [4.69, 9.17) is 15.2 Å². The molecular formula is C21H20N4O4. The van der Waals surface area contributed by atoms with Crippen LogP contribution in [0, 0.1) is 0 Å². The lowest BCUT2D eigenvalue weighted by Gasteiger charge is -2.07. The Labute approximate surface area is 166 Å². The maximum Gasteiger partial charge on any atom is 0.328 e.